The van der Waals surface area contributed by atoms with Crippen molar-refractivity contribution in [1.82, 2.24) is 4.90 Å². The molecule has 1 heterocycles. The third kappa shape index (κ3) is 1.17. The summed E-state index contributed by atoms with van der Waals surface area (Å²) < 4.78 is 23.5. The maximum Gasteiger partial charge on any atom is 0.314 e. The average molecular weight is 150 g/mol. The third-order valence-corrected chi connectivity index (χ3v) is 1.58. The van der Waals surface area contributed by atoms with Crippen molar-refractivity contribution < 1.29 is 13.6 Å². The second-order valence-corrected chi connectivity index (χ2v) is 2.34. The van der Waals surface area contributed by atoms with E-state index in [9.17, 15) is 13.6 Å². The van der Waals surface area contributed by atoms with Gasteiger partial charge in [-0.2, -0.15) is 0 Å². The molecule has 1 rings (SSSR count). The minimum atomic E-state index is -2.32. The smallest absolute Gasteiger partial charge is 0.314 e. The number of urea groups is 1. The van der Waals surface area contributed by atoms with Crippen molar-refractivity contribution in [2.45, 2.75) is 6.43 Å². The lowest BCUT2D eigenvalue weighted by molar-refractivity contribution is -0.00292. The molecule has 0 saturated carbocycles. The van der Waals surface area contributed by atoms with E-state index in [0.717, 1.165) is 0 Å². The molecular weight excluding hydrogens is 142 g/mol. The maximum absolute atomic E-state index is 11.7. The van der Waals surface area contributed by atoms with Crippen molar-refractivity contribution in [3.05, 3.63) is 0 Å². The number of halogens is 2. The van der Waals surface area contributed by atoms with Crippen LogP contribution in [0.4, 0.5) is 13.6 Å². The van der Waals surface area contributed by atoms with Crippen LogP contribution in [-0.2, 0) is 0 Å². The van der Waals surface area contributed by atoms with Crippen LogP contribution in [0.1, 0.15) is 0 Å². The van der Waals surface area contributed by atoms with Gasteiger partial charge < -0.3 is 10.6 Å². The molecule has 0 unspecified atom stereocenters. The number of rotatable bonds is 1. The van der Waals surface area contributed by atoms with E-state index in [2.05, 4.69) is 0 Å². The molecule has 0 spiro atoms. The van der Waals surface area contributed by atoms with Crippen molar-refractivity contribution >= 4 is 6.03 Å². The van der Waals surface area contributed by atoms with Crippen molar-refractivity contribution in [1.29, 1.82) is 0 Å². The van der Waals surface area contributed by atoms with E-state index >= 15 is 0 Å². The number of primary amides is 1. The van der Waals surface area contributed by atoms with Gasteiger partial charge in [0.25, 0.3) is 0 Å². The highest BCUT2D eigenvalue weighted by molar-refractivity contribution is 5.72. The Balaban J connectivity index is 2.24. The molecule has 2 amide bonds. The molecular formula is C5H8F2N2O. The van der Waals surface area contributed by atoms with E-state index < -0.39 is 18.4 Å². The Kier molecular flexibility index (Phi) is 1.74. The minimum Gasteiger partial charge on any atom is -0.351 e. The summed E-state index contributed by atoms with van der Waals surface area (Å²) in [5.41, 5.74) is 4.80. The summed E-state index contributed by atoms with van der Waals surface area (Å²) in [6.07, 6.45) is -2.32. The highest BCUT2D eigenvalue weighted by Crippen LogP contribution is 2.21. The zero-order valence-corrected chi connectivity index (χ0v) is 5.26. The Bertz CT molecular complexity index is 145. The quantitative estimate of drug-likeness (QED) is 0.572. The summed E-state index contributed by atoms with van der Waals surface area (Å²) >= 11 is 0. The van der Waals surface area contributed by atoms with Gasteiger partial charge in [0.05, 0.1) is 5.92 Å². The lowest BCUT2D eigenvalue weighted by atomic mass is 10.0. The summed E-state index contributed by atoms with van der Waals surface area (Å²) in [4.78, 5) is 11.4. The molecule has 0 atom stereocenters. The number of nitrogens with two attached hydrogens (primary N) is 1. The van der Waals surface area contributed by atoms with Crippen molar-refractivity contribution in [2.75, 3.05) is 13.1 Å². The maximum atomic E-state index is 11.7. The molecule has 1 fully saturated rings. The molecule has 0 bridgehead atoms. The summed E-state index contributed by atoms with van der Waals surface area (Å²) in [7, 11) is 0. The Morgan fingerprint density at radius 3 is 2.40 bits per heavy atom. The molecule has 10 heavy (non-hydrogen) atoms. The predicted octanol–water partition coefficient (Wildman–Crippen LogP) is 0.262. The molecule has 3 nitrogen and oxygen atoms in total. The summed E-state index contributed by atoms with van der Waals surface area (Å²) in [5, 5.41) is 0. The number of hydrogen-bond acceptors (Lipinski definition) is 1. The first-order valence-electron chi connectivity index (χ1n) is 2.94. The fraction of sp³-hybridized carbons (Fsp3) is 0.800. The van der Waals surface area contributed by atoms with E-state index in [0.29, 0.717) is 0 Å². The van der Waals surface area contributed by atoms with Crippen LogP contribution < -0.4 is 5.73 Å². The SMILES string of the molecule is NC(=O)N1CC(C(F)F)C1. The predicted molar refractivity (Wildman–Crippen MR) is 30.7 cm³/mol. The number of nitrogens with zero attached hydrogens (tertiary/aromatic N) is 1. The summed E-state index contributed by atoms with van der Waals surface area (Å²) in [5.74, 6) is -0.660. The van der Waals surface area contributed by atoms with Crippen LogP contribution in [0.3, 0.4) is 0 Å². The van der Waals surface area contributed by atoms with Gasteiger partial charge in [-0.1, -0.05) is 0 Å². The normalized spacial score (nSPS) is 19.3. The van der Waals surface area contributed by atoms with E-state index in [1.807, 2.05) is 0 Å². The first-order chi connectivity index (χ1) is 4.61. The molecule has 1 saturated heterocycles. The van der Waals surface area contributed by atoms with Gasteiger partial charge >= 0.3 is 6.03 Å². The molecule has 2 N–H and O–H groups in total. The molecule has 0 aromatic carbocycles. The van der Waals surface area contributed by atoms with Crippen molar-refractivity contribution in [2.24, 2.45) is 11.7 Å². The topological polar surface area (TPSA) is 46.3 Å². The van der Waals surface area contributed by atoms with Gasteiger partial charge in [-0.05, 0) is 0 Å². The van der Waals surface area contributed by atoms with Gasteiger partial charge in [0, 0.05) is 13.1 Å². The average Bonchev–Trinajstić information content (AvgIpc) is 1.56. The van der Waals surface area contributed by atoms with Crippen molar-refractivity contribution in [3.8, 4) is 0 Å². The third-order valence-electron chi connectivity index (χ3n) is 1.58. The lowest BCUT2D eigenvalue weighted by Gasteiger charge is -2.37. The van der Waals surface area contributed by atoms with Crippen LogP contribution in [0.5, 0.6) is 0 Å². The molecule has 1 aliphatic heterocycles. The Labute approximate surface area is 56.8 Å². The Hall–Kier alpha value is -0.870. The molecule has 0 radical (unpaired) electrons. The van der Waals surface area contributed by atoms with Gasteiger partial charge in [-0.25, -0.2) is 13.6 Å². The lowest BCUT2D eigenvalue weighted by Crippen LogP contribution is -2.54. The highest BCUT2D eigenvalue weighted by atomic mass is 19.3. The van der Waals surface area contributed by atoms with Crippen LogP contribution >= 0.6 is 0 Å². The number of hydrogen-bond donors (Lipinski definition) is 1. The second kappa shape index (κ2) is 2.40. The minimum absolute atomic E-state index is 0.104. The monoisotopic (exact) mass is 150 g/mol. The second-order valence-electron chi connectivity index (χ2n) is 2.34. The van der Waals surface area contributed by atoms with Crippen molar-refractivity contribution in [3.63, 3.8) is 0 Å². The number of carbonyl (C=O) groups excluding carboxylic acids is 1. The summed E-state index contributed by atoms with van der Waals surface area (Å²) in [6.45, 7) is 0.208. The molecule has 1 aliphatic rings. The number of carbonyl (C=O) groups is 1. The molecule has 58 valence electrons. The van der Waals surface area contributed by atoms with Crippen LogP contribution in [0, 0.1) is 5.92 Å². The van der Waals surface area contributed by atoms with Crippen LogP contribution in [0.2, 0.25) is 0 Å². The van der Waals surface area contributed by atoms with Crippen LogP contribution in [-0.4, -0.2) is 30.4 Å². The molecule has 0 aromatic heterocycles. The number of amides is 2. The van der Waals surface area contributed by atoms with Crippen LogP contribution in [0.25, 0.3) is 0 Å². The fourth-order valence-corrected chi connectivity index (χ4v) is 0.852. The van der Waals surface area contributed by atoms with Gasteiger partial charge in [0.2, 0.25) is 6.43 Å². The molecule has 0 aromatic rings. The first kappa shape index (κ1) is 7.24. The molecule has 0 aliphatic carbocycles. The van der Waals surface area contributed by atoms with E-state index in [1.54, 1.807) is 0 Å². The van der Waals surface area contributed by atoms with Gasteiger partial charge in [0.1, 0.15) is 0 Å². The van der Waals surface area contributed by atoms with Gasteiger partial charge in [0.15, 0.2) is 0 Å². The van der Waals surface area contributed by atoms with E-state index in [1.165, 1.54) is 4.90 Å². The van der Waals surface area contributed by atoms with E-state index in [4.69, 9.17) is 5.73 Å². The first-order valence-corrected chi connectivity index (χ1v) is 2.94. The van der Waals surface area contributed by atoms with E-state index in [-0.39, 0.29) is 13.1 Å². The standard InChI is InChI=1S/C5H8F2N2O/c6-4(7)3-1-9(2-3)5(8)10/h3-4H,1-2H2,(H2,8,10). The largest absolute Gasteiger partial charge is 0.351 e. The molecule has 5 heteroatoms. The zero-order chi connectivity index (χ0) is 7.72. The Morgan fingerprint density at radius 2 is 2.10 bits per heavy atom. The number of likely N-dealkylation sites (tertiary alicyclic amines) is 1. The highest BCUT2D eigenvalue weighted by Gasteiger charge is 2.35. The zero-order valence-electron chi connectivity index (χ0n) is 5.26. The van der Waals surface area contributed by atoms with Gasteiger partial charge in [-0.15, -0.1) is 0 Å². The Morgan fingerprint density at radius 1 is 1.60 bits per heavy atom. The summed E-state index contributed by atoms with van der Waals surface area (Å²) in [6, 6.07) is -0.614. The van der Waals surface area contributed by atoms with Crippen LogP contribution in [0.15, 0.2) is 0 Å². The van der Waals surface area contributed by atoms with Gasteiger partial charge in [-0.3, -0.25) is 0 Å². The fourth-order valence-electron chi connectivity index (χ4n) is 0.852. The number of alkyl halides is 2.